The van der Waals surface area contributed by atoms with Crippen LogP contribution in [-0.4, -0.2) is 54.1 Å². The summed E-state index contributed by atoms with van der Waals surface area (Å²) in [5, 5.41) is 0.807. The fourth-order valence-electron chi connectivity index (χ4n) is 3.03. The van der Waals surface area contributed by atoms with Crippen LogP contribution < -0.4 is 10.5 Å². The van der Waals surface area contributed by atoms with Crippen molar-refractivity contribution in [2.45, 2.75) is 13.0 Å². The smallest absolute Gasteiger partial charge is 0.127 e. The quantitative estimate of drug-likeness (QED) is 0.853. The van der Waals surface area contributed by atoms with Gasteiger partial charge in [0, 0.05) is 56.3 Å². The van der Waals surface area contributed by atoms with Crippen molar-refractivity contribution in [1.82, 2.24) is 9.80 Å². The Kier molecular flexibility index (Phi) is 4.64. The average molecular weight is 326 g/mol. The minimum atomic E-state index is 0.574. The second kappa shape index (κ2) is 6.48. The van der Waals surface area contributed by atoms with Gasteiger partial charge in [-0.3, -0.25) is 9.80 Å². The standard InChI is InChI=1S/C15H20ClN3OS/c16-13-7-11-1-6-20-15(11)12(8-13)9-18-2-4-19(5-3-18)10-14(17)21/h7-8H,1-6,9-10H2,(H2,17,21). The Bertz CT molecular complexity index is 544. The first-order valence-corrected chi connectivity index (χ1v) is 8.07. The van der Waals surface area contributed by atoms with Gasteiger partial charge in [0.15, 0.2) is 0 Å². The van der Waals surface area contributed by atoms with Crippen LogP contribution in [0.15, 0.2) is 12.1 Å². The van der Waals surface area contributed by atoms with Crippen LogP contribution >= 0.6 is 23.8 Å². The van der Waals surface area contributed by atoms with E-state index in [4.69, 9.17) is 34.3 Å². The molecule has 0 spiro atoms. The summed E-state index contributed by atoms with van der Waals surface area (Å²) >= 11 is 11.2. The molecule has 0 unspecified atom stereocenters. The predicted molar refractivity (Wildman–Crippen MR) is 89.2 cm³/mol. The first-order valence-electron chi connectivity index (χ1n) is 7.29. The minimum absolute atomic E-state index is 0.574. The average Bonchev–Trinajstić information content (AvgIpc) is 2.88. The van der Waals surface area contributed by atoms with Crippen molar-refractivity contribution in [2.24, 2.45) is 5.73 Å². The van der Waals surface area contributed by atoms with Gasteiger partial charge in [0.25, 0.3) is 0 Å². The van der Waals surface area contributed by atoms with E-state index < -0.39 is 0 Å². The highest BCUT2D eigenvalue weighted by Gasteiger charge is 2.22. The molecule has 1 aromatic rings. The van der Waals surface area contributed by atoms with Crippen molar-refractivity contribution < 1.29 is 4.74 Å². The van der Waals surface area contributed by atoms with Crippen molar-refractivity contribution >= 4 is 28.8 Å². The maximum Gasteiger partial charge on any atom is 0.127 e. The highest BCUT2D eigenvalue weighted by Crippen LogP contribution is 2.33. The number of nitrogens with two attached hydrogens (primary N) is 1. The molecule has 1 saturated heterocycles. The fourth-order valence-corrected chi connectivity index (χ4v) is 3.48. The van der Waals surface area contributed by atoms with Crippen LogP contribution in [0.1, 0.15) is 11.1 Å². The molecule has 114 valence electrons. The molecule has 0 atom stereocenters. The molecular weight excluding hydrogens is 306 g/mol. The molecule has 0 aromatic heterocycles. The Balaban J connectivity index is 1.62. The molecule has 6 heteroatoms. The Morgan fingerprint density at radius 2 is 1.95 bits per heavy atom. The molecule has 0 bridgehead atoms. The molecule has 2 N–H and O–H groups in total. The van der Waals surface area contributed by atoms with E-state index in [1.807, 2.05) is 12.1 Å². The second-order valence-electron chi connectivity index (χ2n) is 5.67. The molecule has 4 nitrogen and oxygen atoms in total. The van der Waals surface area contributed by atoms with Crippen molar-refractivity contribution in [3.63, 3.8) is 0 Å². The SMILES string of the molecule is NC(=S)CN1CCN(Cc2cc(Cl)cc3c2OCC3)CC1. The third-order valence-electron chi connectivity index (χ3n) is 4.06. The van der Waals surface area contributed by atoms with Crippen molar-refractivity contribution in [2.75, 3.05) is 39.3 Å². The summed E-state index contributed by atoms with van der Waals surface area (Å²) < 4.78 is 5.77. The predicted octanol–water partition coefficient (Wildman–Crippen LogP) is 1.68. The molecule has 2 aliphatic heterocycles. The molecule has 1 aromatic carbocycles. The van der Waals surface area contributed by atoms with E-state index in [1.165, 1.54) is 11.1 Å². The highest BCUT2D eigenvalue weighted by atomic mass is 35.5. The summed E-state index contributed by atoms with van der Waals surface area (Å²) in [5.74, 6) is 1.05. The highest BCUT2D eigenvalue weighted by molar-refractivity contribution is 7.80. The zero-order valence-electron chi connectivity index (χ0n) is 12.0. The third kappa shape index (κ3) is 3.66. The Morgan fingerprint density at radius 1 is 1.24 bits per heavy atom. The van der Waals surface area contributed by atoms with Crippen molar-refractivity contribution in [3.8, 4) is 5.75 Å². The lowest BCUT2D eigenvalue weighted by Crippen LogP contribution is -2.48. The van der Waals surface area contributed by atoms with Crippen LogP contribution in [0.4, 0.5) is 0 Å². The van der Waals surface area contributed by atoms with E-state index in [9.17, 15) is 0 Å². The topological polar surface area (TPSA) is 41.7 Å². The largest absolute Gasteiger partial charge is 0.493 e. The van der Waals surface area contributed by atoms with Crippen LogP contribution in [-0.2, 0) is 13.0 Å². The van der Waals surface area contributed by atoms with Crippen molar-refractivity contribution in [1.29, 1.82) is 0 Å². The molecule has 0 saturated carbocycles. The molecule has 21 heavy (non-hydrogen) atoms. The summed E-state index contributed by atoms with van der Waals surface area (Å²) in [6.07, 6.45) is 0.963. The normalized spacial score (nSPS) is 19.3. The molecular formula is C15H20ClN3OS. The van der Waals surface area contributed by atoms with Gasteiger partial charge in [-0.05, 0) is 17.7 Å². The number of rotatable bonds is 4. The van der Waals surface area contributed by atoms with Crippen LogP contribution in [0.2, 0.25) is 5.02 Å². The number of piperazine rings is 1. The number of thiocarbonyl (C=S) groups is 1. The Hall–Kier alpha value is -0.880. The minimum Gasteiger partial charge on any atom is -0.493 e. The zero-order chi connectivity index (χ0) is 14.8. The van der Waals surface area contributed by atoms with Gasteiger partial charge in [-0.15, -0.1) is 0 Å². The number of nitrogens with zero attached hydrogens (tertiary/aromatic N) is 2. The summed E-state index contributed by atoms with van der Waals surface area (Å²) in [5.41, 5.74) is 8.05. The molecule has 2 heterocycles. The van der Waals surface area contributed by atoms with Gasteiger partial charge in [0.1, 0.15) is 5.75 Å². The lowest BCUT2D eigenvalue weighted by Gasteiger charge is -2.34. The number of hydrogen-bond acceptors (Lipinski definition) is 4. The maximum atomic E-state index is 6.22. The number of ether oxygens (including phenoxy) is 1. The zero-order valence-corrected chi connectivity index (χ0v) is 13.6. The van der Waals surface area contributed by atoms with E-state index in [0.717, 1.165) is 63.1 Å². The lowest BCUT2D eigenvalue weighted by molar-refractivity contribution is 0.139. The third-order valence-corrected chi connectivity index (χ3v) is 4.41. The van der Waals surface area contributed by atoms with E-state index >= 15 is 0 Å². The summed E-state index contributed by atoms with van der Waals surface area (Å²) in [6.45, 7) is 6.42. The van der Waals surface area contributed by atoms with Gasteiger partial charge in [0.05, 0.1) is 11.6 Å². The number of fused-ring (bicyclic) bond motifs is 1. The molecule has 0 amide bonds. The summed E-state index contributed by atoms with van der Waals surface area (Å²) in [6, 6.07) is 4.06. The van der Waals surface area contributed by atoms with Gasteiger partial charge in [-0.2, -0.15) is 0 Å². The first kappa shape index (κ1) is 15.0. The van der Waals surface area contributed by atoms with Crippen LogP contribution in [0.25, 0.3) is 0 Å². The molecule has 0 aliphatic carbocycles. The lowest BCUT2D eigenvalue weighted by atomic mass is 10.1. The number of halogens is 1. The summed E-state index contributed by atoms with van der Waals surface area (Å²) in [7, 11) is 0. The van der Waals surface area contributed by atoms with E-state index in [-0.39, 0.29) is 0 Å². The second-order valence-corrected chi connectivity index (χ2v) is 6.63. The van der Waals surface area contributed by atoms with Crippen LogP contribution in [0, 0.1) is 0 Å². The van der Waals surface area contributed by atoms with Gasteiger partial charge in [-0.1, -0.05) is 23.8 Å². The van der Waals surface area contributed by atoms with E-state index in [2.05, 4.69) is 9.80 Å². The van der Waals surface area contributed by atoms with Gasteiger partial charge >= 0.3 is 0 Å². The van der Waals surface area contributed by atoms with Gasteiger partial charge in [-0.25, -0.2) is 0 Å². The fraction of sp³-hybridized carbons (Fsp3) is 0.533. The molecule has 1 fully saturated rings. The van der Waals surface area contributed by atoms with Crippen molar-refractivity contribution in [3.05, 3.63) is 28.3 Å². The summed E-state index contributed by atoms with van der Waals surface area (Å²) in [4.78, 5) is 5.31. The van der Waals surface area contributed by atoms with Gasteiger partial charge in [0.2, 0.25) is 0 Å². The van der Waals surface area contributed by atoms with Gasteiger partial charge < -0.3 is 10.5 Å². The molecule has 2 aliphatic rings. The Labute approximate surface area is 135 Å². The van der Waals surface area contributed by atoms with Crippen LogP contribution in [0.5, 0.6) is 5.75 Å². The van der Waals surface area contributed by atoms with Crippen LogP contribution in [0.3, 0.4) is 0 Å². The Morgan fingerprint density at radius 3 is 2.67 bits per heavy atom. The molecule has 0 radical (unpaired) electrons. The monoisotopic (exact) mass is 325 g/mol. The number of benzene rings is 1. The van der Waals surface area contributed by atoms with E-state index in [0.29, 0.717) is 4.99 Å². The van der Waals surface area contributed by atoms with E-state index in [1.54, 1.807) is 0 Å². The maximum absolute atomic E-state index is 6.22. The molecule has 3 rings (SSSR count). The first-order chi connectivity index (χ1) is 10.1. The number of hydrogen-bond donors (Lipinski definition) is 1.